The largest absolute Gasteiger partial charge is 0.466 e. The number of esters is 1. The van der Waals surface area contributed by atoms with Crippen LogP contribution in [0.2, 0.25) is 5.02 Å². The van der Waals surface area contributed by atoms with Crippen molar-refractivity contribution in [2.45, 2.75) is 38.6 Å². The fourth-order valence-corrected chi connectivity index (χ4v) is 7.21. The first kappa shape index (κ1) is 26.3. The molecule has 0 radical (unpaired) electrons. The molecule has 4 saturated heterocycles. The molecule has 2 aromatic heterocycles. The third-order valence-corrected chi connectivity index (χ3v) is 9.45. The number of anilines is 2. The van der Waals surface area contributed by atoms with Gasteiger partial charge in [0, 0.05) is 31.1 Å². The van der Waals surface area contributed by atoms with Gasteiger partial charge in [0.1, 0.15) is 11.4 Å². The number of imidazole rings is 1. The Hall–Kier alpha value is -3.56. The quantitative estimate of drug-likeness (QED) is 0.278. The number of nitrogens with zero attached hydrogens (tertiary/aromatic N) is 3. The Bertz CT molecular complexity index is 1630. The molecule has 6 heterocycles. The molecule has 214 valence electrons. The van der Waals surface area contributed by atoms with E-state index in [1.54, 1.807) is 0 Å². The second-order valence-electron chi connectivity index (χ2n) is 11.6. The Balaban J connectivity index is 1.30. The zero-order chi connectivity index (χ0) is 28.1. The molecule has 0 spiro atoms. The van der Waals surface area contributed by atoms with E-state index in [2.05, 4.69) is 25.1 Å². The number of halogens is 1. The van der Waals surface area contributed by atoms with Crippen LogP contribution in [0.25, 0.3) is 33.3 Å². The number of H-pyrrole nitrogens is 2. The maximum atomic E-state index is 13.8. The van der Waals surface area contributed by atoms with Crippen molar-refractivity contribution in [2.75, 3.05) is 49.5 Å². The molecule has 8 rings (SSSR count). The predicted octanol–water partition coefficient (Wildman–Crippen LogP) is 5.01. The molecule has 2 bridgehead atoms. The van der Waals surface area contributed by atoms with Crippen molar-refractivity contribution in [1.29, 1.82) is 0 Å². The van der Waals surface area contributed by atoms with Gasteiger partial charge < -0.3 is 29.8 Å². The molecule has 10 heteroatoms. The summed E-state index contributed by atoms with van der Waals surface area (Å²) in [5.41, 5.74) is 4.37. The summed E-state index contributed by atoms with van der Waals surface area (Å²) in [6, 6.07) is 12.0. The number of carbonyl (C=O) groups excluding carboxylic acids is 1. The summed E-state index contributed by atoms with van der Waals surface area (Å²) < 4.78 is 5.24. The lowest BCUT2D eigenvalue weighted by atomic mass is 9.83. The summed E-state index contributed by atoms with van der Waals surface area (Å²) in [7, 11) is 0. The van der Waals surface area contributed by atoms with Crippen LogP contribution in [-0.2, 0) is 9.53 Å². The van der Waals surface area contributed by atoms with Gasteiger partial charge in [0.2, 0.25) is 0 Å². The van der Waals surface area contributed by atoms with Gasteiger partial charge in [-0.05, 0) is 75.9 Å². The van der Waals surface area contributed by atoms with Crippen LogP contribution in [0.3, 0.4) is 0 Å². The van der Waals surface area contributed by atoms with Crippen LogP contribution in [0, 0.1) is 11.8 Å². The number of hydrogen-bond donors (Lipinski definition) is 3. The van der Waals surface area contributed by atoms with E-state index in [1.165, 1.54) is 0 Å². The van der Waals surface area contributed by atoms with Crippen molar-refractivity contribution in [2.24, 2.45) is 11.8 Å². The maximum absolute atomic E-state index is 13.8. The molecule has 41 heavy (non-hydrogen) atoms. The molecule has 2 aromatic carbocycles. The first-order chi connectivity index (χ1) is 20.0. The minimum Gasteiger partial charge on any atom is -0.466 e. The summed E-state index contributed by atoms with van der Waals surface area (Å²) in [4.78, 5) is 42.1. The number of ether oxygens (including phenoxy) is 1. The van der Waals surface area contributed by atoms with Gasteiger partial charge in [0.15, 0.2) is 0 Å². The first-order valence-electron chi connectivity index (χ1n) is 14.7. The Morgan fingerprint density at radius 1 is 1.07 bits per heavy atom. The summed E-state index contributed by atoms with van der Waals surface area (Å²) in [5, 5.41) is 5.30. The number of aromatic amines is 2. The lowest BCUT2D eigenvalue weighted by molar-refractivity contribution is -0.148. The molecular weight excluding hydrogens is 540 g/mol. The number of benzene rings is 2. The molecular formula is C31H35ClN6O3. The Labute approximate surface area is 243 Å². The highest BCUT2D eigenvalue weighted by atomic mass is 35.5. The van der Waals surface area contributed by atoms with Gasteiger partial charge in [-0.1, -0.05) is 23.7 Å². The van der Waals surface area contributed by atoms with Crippen molar-refractivity contribution in [3.05, 3.63) is 51.8 Å². The number of fused-ring (bicyclic) bond motifs is 5. The molecule has 1 atom stereocenters. The molecule has 9 nitrogen and oxygen atoms in total. The van der Waals surface area contributed by atoms with E-state index in [0.717, 1.165) is 65.8 Å². The summed E-state index contributed by atoms with van der Waals surface area (Å²) in [5.74, 6) is 0.893. The molecule has 4 aliphatic heterocycles. The summed E-state index contributed by atoms with van der Waals surface area (Å²) >= 11 is 6.98. The topological polar surface area (TPSA) is 106 Å². The molecule has 4 fully saturated rings. The standard InChI is InChI=1S/C31H35ClN6O3/c1-2-41-31(40)19-9-13-38(14-10-19)26-16-24-20(15-21(26)32)28(33-25-17-37-11-7-18(25)8-12-37)27(30(39)36-24)29-34-22-5-3-4-6-23(22)35-29/h3-6,15-16,18-19,25H,2,7-14,17H2,1H3,(H,34,35)(H2,33,36,39)/t25-/m0/s1. The fourth-order valence-electron chi connectivity index (χ4n) is 6.92. The molecule has 4 aliphatic rings. The van der Waals surface area contributed by atoms with E-state index >= 15 is 0 Å². The number of para-hydroxylation sites is 2. The van der Waals surface area contributed by atoms with Gasteiger partial charge in [-0.2, -0.15) is 0 Å². The SMILES string of the molecule is CCOC(=O)C1CCN(c2cc3[nH]c(=O)c(-c4nc5ccccc5[nH]4)c(N[C@H]4CN5CCC4CC5)c3cc2Cl)CC1. The molecule has 0 unspecified atom stereocenters. The molecule has 0 saturated carbocycles. The third kappa shape index (κ3) is 4.85. The first-order valence-corrected chi connectivity index (χ1v) is 15.1. The lowest BCUT2D eigenvalue weighted by Gasteiger charge is -2.45. The normalized spacial score (nSPS) is 22.9. The molecule has 4 aromatic rings. The highest BCUT2D eigenvalue weighted by molar-refractivity contribution is 6.34. The second-order valence-corrected chi connectivity index (χ2v) is 12.0. The van der Waals surface area contributed by atoms with E-state index in [0.29, 0.717) is 54.9 Å². The minimum absolute atomic E-state index is 0.0889. The van der Waals surface area contributed by atoms with Crippen LogP contribution in [0.5, 0.6) is 0 Å². The smallest absolute Gasteiger partial charge is 0.309 e. The lowest BCUT2D eigenvalue weighted by Crippen LogP contribution is -2.53. The predicted molar refractivity (Wildman–Crippen MR) is 163 cm³/mol. The van der Waals surface area contributed by atoms with Crippen LogP contribution in [0.4, 0.5) is 11.4 Å². The van der Waals surface area contributed by atoms with Gasteiger partial charge in [0.05, 0.1) is 45.5 Å². The van der Waals surface area contributed by atoms with Gasteiger partial charge in [-0.25, -0.2) is 4.98 Å². The monoisotopic (exact) mass is 574 g/mol. The Kier molecular flexibility index (Phi) is 6.87. The van der Waals surface area contributed by atoms with Crippen LogP contribution in [0.1, 0.15) is 32.6 Å². The van der Waals surface area contributed by atoms with E-state index in [1.807, 2.05) is 43.3 Å². The molecule has 3 N–H and O–H groups in total. The number of piperidine rings is 4. The molecule has 0 aliphatic carbocycles. The van der Waals surface area contributed by atoms with Gasteiger partial charge >= 0.3 is 5.97 Å². The number of pyridine rings is 1. The number of carbonyl (C=O) groups is 1. The summed E-state index contributed by atoms with van der Waals surface area (Å²) in [6.45, 7) is 6.85. The van der Waals surface area contributed by atoms with Crippen LogP contribution < -0.4 is 15.8 Å². The summed E-state index contributed by atoms with van der Waals surface area (Å²) in [6.07, 6.45) is 3.74. The van der Waals surface area contributed by atoms with Crippen molar-refractivity contribution in [3.8, 4) is 11.4 Å². The van der Waals surface area contributed by atoms with Crippen LogP contribution in [0.15, 0.2) is 41.2 Å². The van der Waals surface area contributed by atoms with Gasteiger partial charge in [-0.3, -0.25) is 9.59 Å². The third-order valence-electron chi connectivity index (χ3n) is 9.15. The molecule has 0 amide bonds. The highest BCUT2D eigenvalue weighted by Gasteiger charge is 2.35. The average Bonchev–Trinajstić information content (AvgIpc) is 3.42. The van der Waals surface area contributed by atoms with E-state index in [4.69, 9.17) is 21.3 Å². The fraction of sp³-hybridized carbons (Fsp3) is 0.452. The van der Waals surface area contributed by atoms with Gasteiger partial charge in [-0.15, -0.1) is 0 Å². The second kappa shape index (κ2) is 10.7. The zero-order valence-corrected chi connectivity index (χ0v) is 24.0. The van der Waals surface area contributed by atoms with Gasteiger partial charge in [0.25, 0.3) is 5.56 Å². The Morgan fingerprint density at radius 2 is 1.85 bits per heavy atom. The highest BCUT2D eigenvalue weighted by Crippen LogP contribution is 2.40. The minimum atomic E-state index is -0.199. The van der Waals surface area contributed by atoms with E-state index in [-0.39, 0.29) is 23.5 Å². The van der Waals surface area contributed by atoms with E-state index < -0.39 is 0 Å². The number of rotatable bonds is 6. The maximum Gasteiger partial charge on any atom is 0.309 e. The van der Waals surface area contributed by atoms with Crippen LogP contribution >= 0.6 is 11.6 Å². The van der Waals surface area contributed by atoms with Crippen molar-refractivity contribution >= 4 is 50.9 Å². The van der Waals surface area contributed by atoms with E-state index in [9.17, 15) is 9.59 Å². The zero-order valence-electron chi connectivity index (χ0n) is 23.2. The van der Waals surface area contributed by atoms with Crippen molar-refractivity contribution in [1.82, 2.24) is 19.9 Å². The van der Waals surface area contributed by atoms with Crippen molar-refractivity contribution in [3.63, 3.8) is 0 Å². The number of nitrogens with one attached hydrogen (secondary N) is 3. The number of hydrogen-bond acceptors (Lipinski definition) is 7. The number of aromatic nitrogens is 3. The Morgan fingerprint density at radius 3 is 2.56 bits per heavy atom. The van der Waals surface area contributed by atoms with Crippen molar-refractivity contribution < 1.29 is 9.53 Å². The average molecular weight is 575 g/mol. The van der Waals surface area contributed by atoms with Crippen LogP contribution in [-0.4, -0.2) is 71.2 Å².